The van der Waals surface area contributed by atoms with Crippen molar-refractivity contribution in [1.82, 2.24) is 9.97 Å². The molecule has 0 aliphatic rings. The second-order valence-electron chi connectivity index (χ2n) is 5.84. The zero-order valence-electron chi connectivity index (χ0n) is 14.7. The standard InChI is InChI=1S/C19H18N2O5S/c1-12(22)13-4-6-14(7-5-13)25-9-2-3-17(23)26-11-16-20-15-8-10-27-18(15)19(24)21-16/h4-8,10H,2-3,9,11H2,1H3,(H,20,21,24). The van der Waals surface area contributed by atoms with Crippen LogP contribution < -0.4 is 10.3 Å². The molecule has 0 bridgehead atoms. The maximum atomic E-state index is 11.8. The molecule has 140 valence electrons. The molecule has 2 heterocycles. The first kappa shape index (κ1) is 18.8. The topological polar surface area (TPSA) is 98.3 Å². The van der Waals surface area contributed by atoms with Crippen molar-refractivity contribution < 1.29 is 19.1 Å². The van der Waals surface area contributed by atoms with E-state index in [1.54, 1.807) is 35.7 Å². The lowest BCUT2D eigenvalue weighted by molar-refractivity contribution is -0.145. The SMILES string of the molecule is CC(=O)c1ccc(OCCCC(=O)OCc2nc3ccsc3c(=O)[nH]2)cc1. The zero-order valence-corrected chi connectivity index (χ0v) is 15.5. The number of rotatable bonds is 8. The number of benzene rings is 1. The number of hydrogen-bond donors (Lipinski definition) is 1. The number of nitrogens with one attached hydrogen (secondary N) is 1. The number of fused-ring (bicyclic) bond motifs is 1. The third kappa shape index (κ3) is 5.01. The van der Waals surface area contributed by atoms with Gasteiger partial charge in [0.1, 0.15) is 22.9 Å². The number of H-pyrrole nitrogens is 1. The van der Waals surface area contributed by atoms with E-state index in [4.69, 9.17) is 9.47 Å². The van der Waals surface area contributed by atoms with E-state index in [1.807, 2.05) is 0 Å². The summed E-state index contributed by atoms with van der Waals surface area (Å²) in [6.07, 6.45) is 0.678. The van der Waals surface area contributed by atoms with Crippen LogP contribution in [0.5, 0.6) is 5.75 Å². The van der Waals surface area contributed by atoms with E-state index in [-0.39, 0.29) is 24.4 Å². The molecule has 1 aromatic carbocycles. The monoisotopic (exact) mass is 386 g/mol. The molecule has 0 amide bonds. The Hall–Kier alpha value is -3.00. The number of esters is 1. The van der Waals surface area contributed by atoms with Gasteiger partial charge in [0, 0.05) is 12.0 Å². The lowest BCUT2D eigenvalue weighted by Gasteiger charge is -2.07. The van der Waals surface area contributed by atoms with Gasteiger partial charge in [-0.2, -0.15) is 0 Å². The molecule has 2 aromatic heterocycles. The lowest BCUT2D eigenvalue weighted by Crippen LogP contribution is -2.13. The van der Waals surface area contributed by atoms with E-state index >= 15 is 0 Å². The molecular weight excluding hydrogens is 368 g/mol. The molecule has 3 rings (SSSR count). The van der Waals surface area contributed by atoms with Gasteiger partial charge in [0.2, 0.25) is 0 Å². The molecular formula is C19H18N2O5S. The third-order valence-corrected chi connectivity index (χ3v) is 4.69. The minimum atomic E-state index is -0.390. The Morgan fingerprint density at radius 1 is 1.19 bits per heavy atom. The highest BCUT2D eigenvalue weighted by molar-refractivity contribution is 7.17. The molecule has 0 aliphatic carbocycles. The Kier molecular flexibility index (Phi) is 5.97. The third-order valence-electron chi connectivity index (χ3n) is 3.79. The van der Waals surface area contributed by atoms with Crippen molar-refractivity contribution in [2.45, 2.75) is 26.4 Å². The summed E-state index contributed by atoms with van der Waals surface area (Å²) >= 11 is 1.32. The highest BCUT2D eigenvalue weighted by Crippen LogP contribution is 2.14. The average molecular weight is 386 g/mol. The number of aromatic nitrogens is 2. The van der Waals surface area contributed by atoms with Crippen molar-refractivity contribution in [1.29, 1.82) is 0 Å². The molecule has 7 nitrogen and oxygen atoms in total. The first-order valence-electron chi connectivity index (χ1n) is 8.39. The summed E-state index contributed by atoms with van der Waals surface area (Å²) in [7, 11) is 0. The summed E-state index contributed by atoms with van der Waals surface area (Å²) in [6.45, 7) is 1.78. The van der Waals surface area contributed by atoms with Crippen molar-refractivity contribution in [2.75, 3.05) is 6.61 Å². The quantitative estimate of drug-likeness (QED) is 0.363. The zero-order chi connectivity index (χ0) is 19.2. The van der Waals surface area contributed by atoms with Crippen LogP contribution in [0.3, 0.4) is 0 Å². The number of thiophene rings is 1. The van der Waals surface area contributed by atoms with E-state index < -0.39 is 5.97 Å². The van der Waals surface area contributed by atoms with Crippen LogP contribution >= 0.6 is 11.3 Å². The number of ketones is 1. The lowest BCUT2D eigenvalue weighted by atomic mass is 10.1. The van der Waals surface area contributed by atoms with Crippen LogP contribution in [-0.4, -0.2) is 28.3 Å². The molecule has 0 radical (unpaired) electrons. The molecule has 1 N–H and O–H groups in total. The summed E-state index contributed by atoms with van der Waals surface area (Å²) in [4.78, 5) is 41.7. The fraction of sp³-hybridized carbons (Fsp3) is 0.263. The summed E-state index contributed by atoms with van der Waals surface area (Å²) in [5, 5.41) is 1.79. The minimum absolute atomic E-state index is 0.00159. The summed E-state index contributed by atoms with van der Waals surface area (Å²) < 4.78 is 11.2. The van der Waals surface area contributed by atoms with E-state index in [0.29, 0.717) is 40.4 Å². The molecule has 0 unspecified atom stereocenters. The highest BCUT2D eigenvalue weighted by Gasteiger charge is 2.08. The van der Waals surface area contributed by atoms with Crippen LogP contribution in [0.1, 0.15) is 35.9 Å². The van der Waals surface area contributed by atoms with Crippen molar-refractivity contribution in [3.8, 4) is 5.75 Å². The maximum Gasteiger partial charge on any atom is 0.306 e. The summed E-state index contributed by atoms with van der Waals surface area (Å²) in [6, 6.07) is 8.59. The van der Waals surface area contributed by atoms with Gasteiger partial charge >= 0.3 is 5.97 Å². The van der Waals surface area contributed by atoms with Crippen LogP contribution in [0.15, 0.2) is 40.5 Å². The van der Waals surface area contributed by atoms with Crippen molar-refractivity contribution in [2.24, 2.45) is 0 Å². The van der Waals surface area contributed by atoms with Crippen molar-refractivity contribution in [3.05, 3.63) is 57.5 Å². The molecule has 0 atom stereocenters. The van der Waals surface area contributed by atoms with Gasteiger partial charge in [-0.05, 0) is 49.1 Å². The number of aromatic amines is 1. The van der Waals surface area contributed by atoms with E-state index in [9.17, 15) is 14.4 Å². The largest absolute Gasteiger partial charge is 0.494 e. The fourth-order valence-corrected chi connectivity index (χ4v) is 3.13. The Morgan fingerprint density at radius 3 is 2.70 bits per heavy atom. The van der Waals surface area contributed by atoms with Crippen molar-refractivity contribution >= 4 is 33.3 Å². The molecule has 0 saturated carbocycles. The second kappa shape index (κ2) is 8.59. The molecule has 3 aromatic rings. The van der Waals surface area contributed by atoms with Crippen LogP contribution in [0, 0.1) is 0 Å². The Bertz CT molecular complexity index is 1010. The van der Waals surface area contributed by atoms with Gasteiger partial charge in [-0.1, -0.05) is 0 Å². The number of nitrogens with zero attached hydrogens (tertiary/aromatic N) is 1. The van der Waals surface area contributed by atoms with Gasteiger partial charge in [-0.25, -0.2) is 4.98 Å². The first-order chi connectivity index (χ1) is 13.0. The molecule has 0 saturated heterocycles. The second-order valence-corrected chi connectivity index (χ2v) is 6.76. The molecule has 0 fully saturated rings. The number of hydrogen-bond acceptors (Lipinski definition) is 7. The number of Topliss-reactive ketones (excluding diaryl/α,β-unsaturated/α-hetero) is 1. The maximum absolute atomic E-state index is 11.8. The Balaban J connectivity index is 1.40. The van der Waals surface area contributed by atoms with Gasteiger partial charge < -0.3 is 14.5 Å². The Labute approximate surface area is 159 Å². The van der Waals surface area contributed by atoms with Crippen LogP contribution in [-0.2, 0) is 16.1 Å². The van der Waals surface area contributed by atoms with E-state index in [1.165, 1.54) is 18.3 Å². The average Bonchev–Trinajstić information content (AvgIpc) is 3.13. The summed E-state index contributed by atoms with van der Waals surface area (Å²) in [5.74, 6) is 0.567. The highest BCUT2D eigenvalue weighted by atomic mass is 32.1. The van der Waals surface area contributed by atoms with Gasteiger partial charge in [-0.15, -0.1) is 11.3 Å². The molecule has 8 heteroatoms. The predicted octanol–water partition coefficient (Wildman–Crippen LogP) is 3.09. The summed E-state index contributed by atoms with van der Waals surface area (Å²) in [5.41, 5.74) is 0.988. The number of carbonyl (C=O) groups is 2. The fourth-order valence-electron chi connectivity index (χ4n) is 2.40. The van der Waals surface area contributed by atoms with Gasteiger partial charge in [0.15, 0.2) is 5.78 Å². The van der Waals surface area contributed by atoms with Crippen molar-refractivity contribution in [3.63, 3.8) is 0 Å². The van der Waals surface area contributed by atoms with Crippen LogP contribution in [0.25, 0.3) is 10.2 Å². The van der Waals surface area contributed by atoms with Gasteiger partial charge in [0.05, 0.1) is 12.1 Å². The van der Waals surface area contributed by atoms with E-state index in [2.05, 4.69) is 9.97 Å². The predicted molar refractivity (Wildman–Crippen MR) is 101 cm³/mol. The molecule has 27 heavy (non-hydrogen) atoms. The Morgan fingerprint density at radius 2 is 1.96 bits per heavy atom. The number of ether oxygens (including phenoxy) is 2. The first-order valence-corrected chi connectivity index (χ1v) is 9.27. The van der Waals surface area contributed by atoms with Crippen LogP contribution in [0.4, 0.5) is 0 Å². The van der Waals surface area contributed by atoms with E-state index in [0.717, 1.165) is 0 Å². The van der Waals surface area contributed by atoms with Gasteiger partial charge in [0.25, 0.3) is 5.56 Å². The molecule has 0 aliphatic heterocycles. The molecule has 0 spiro atoms. The van der Waals surface area contributed by atoms with Gasteiger partial charge in [-0.3, -0.25) is 14.4 Å². The smallest absolute Gasteiger partial charge is 0.306 e. The van der Waals surface area contributed by atoms with Crippen LogP contribution in [0.2, 0.25) is 0 Å². The number of carbonyl (C=O) groups excluding carboxylic acids is 2. The normalized spacial score (nSPS) is 10.7. The minimum Gasteiger partial charge on any atom is -0.494 e.